The minimum atomic E-state index is -3.70. The van der Waals surface area contributed by atoms with E-state index in [0.29, 0.717) is 13.0 Å². The van der Waals surface area contributed by atoms with Crippen molar-refractivity contribution < 1.29 is 23.1 Å². The molecule has 4 rings (SSSR count). The number of carbonyl (C=O) groups is 2. The molecule has 1 heterocycles. The van der Waals surface area contributed by atoms with E-state index in [1.807, 2.05) is 73.8 Å². The molecule has 3 aromatic carbocycles. The van der Waals surface area contributed by atoms with Gasteiger partial charge in [0.25, 0.3) is 11.8 Å². The SMILES string of the molecule is CCc1cncc(CNC[C@@H](O)[C@H](Cc2ccccc2)NC(=O)c2cc(NS(=O)(=O)CC)cc(C(=O)N[C@H](C)c3ccccc3)c2)c1. The van der Waals surface area contributed by atoms with Gasteiger partial charge < -0.3 is 21.1 Å². The molecule has 5 N–H and O–H groups in total. The topological polar surface area (TPSA) is 150 Å². The molecule has 0 fully saturated rings. The number of nitrogens with one attached hydrogen (secondary N) is 4. The van der Waals surface area contributed by atoms with Crippen LogP contribution in [0.4, 0.5) is 5.69 Å². The summed E-state index contributed by atoms with van der Waals surface area (Å²) in [5.74, 6) is -1.22. The molecule has 11 heteroatoms. The van der Waals surface area contributed by atoms with Crippen LogP contribution in [-0.4, -0.2) is 54.8 Å². The molecule has 0 aliphatic rings. The van der Waals surface area contributed by atoms with Crippen molar-refractivity contribution in [2.45, 2.75) is 58.3 Å². The van der Waals surface area contributed by atoms with Crippen molar-refractivity contribution in [2.75, 3.05) is 17.0 Å². The number of anilines is 1. The first-order chi connectivity index (χ1) is 22.6. The van der Waals surface area contributed by atoms with Crippen LogP contribution < -0.4 is 20.7 Å². The molecule has 0 radical (unpaired) electrons. The van der Waals surface area contributed by atoms with Gasteiger partial charge in [-0.05, 0) is 67.1 Å². The number of nitrogens with zero attached hydrogens (tertiary/aromatic N) is 1. The molecule has 0 saturated heterocycles. The van der Waals surface area contributed by atoms with E-state index < -0.39 is 34.0 Å². The van der Waals surface area contributed by atoms with Crippen LogP contribution in [0, 0.1) is 0 Å². The molecule has 0 spiro atoms. The maximum atomic E-state index is 13.8. The second kappa shape index (κ2) is 16.8. The molecule has 0 aliphatic heterocycles. The van der Waals surface area contributed by atoms with Crippen LogP contribution in [-0.2, 0) is 29.4 Å². The third-order valence-corrected chi connectivity index (χ3v) is 9.09. The molecule has 0 bridgehead atoms. The van der Waals surface area contributed by atoms with Crippen LogP contribution in [0.25, 0.3) is 0 Å². The lowest BCUT2D eigenvalue weighted by Gasteiger charge is -2.25. The number of rotatable bonds is 16. The van der Waals surface area contributed by atoms with Gasteiger partial charge in [-0.3, -0.25) is 19.3 Å². The van der Waals surface area contributed by atoms with Crippen LogP contribution in [0.3, 0.4) is 0 Å². The van der Waals surface area contributed by atoms with Crippen molar-refractivity contribution in [3.8, 4) is 0 Å². The van der Waals surface area contributed by atoms with Crippen molar-refractivity contribution in [1.82, 2.24) is 20.9 Å². The Labute approximate surface area is 277 Å². The van der Waals surface area contributed by atoms with Gasteiger partial charge in [-0.25, -0.2) is 8.42 Å². The van der Waals surface area contributed by atoms with Crippen LogP contribution in [0.5, 0.6) is 0 Å². The maximum Gasteiger partial charge on any atom is 0.251 e. The third-order valence-electron chi connectivity index (χ3n) is 7.78. The predicted octanol–water partition coefficient (Wildman–Crippen LogP) is 4.39. The Morgan fingerprint density at radius 1 is 0.809 bits per heavy atom. The monoisotopic (exact) mass is 657 g/mol. The molecule has 47 heavy (non-hydrogen) atoms. The van der Waals surface area contributed by atoms with Gasteiger partial charge in [-0.2, -0.15) is 0 Å². The molecule has 2 amide bonds. The van der Waals surface area contributed by atoms with E-state index in [-0.39, 0.29) is 35.2 Å². The number of hydrogen-bond acceptors (Lipinski definition) is 7. The zero-order valence-electron chi connectivity index (χ0n) is 26.9. The third kappa shape index (κ3) is 10.7. The summed E-state index contributed by atoms with van der Waals surface area (Å²) in [6.45, 7) is 6.07. The number of aryl methyl sites for hydroxylation is 1. The highest BCUT2D eigenvalue weighted by atomic mass is 32.2. The Kier molecular flexibility index (Phi) is 12.6. The molecule has 0 saturated carbocycles. The minimum absolute atomic E-state index is 0.0690. The highest BCUT2D eigenvalue weighted by Crippen LogP contribution is 2.20. The van der Waals surface area contributed by atoms with Crippen molar-refractivity contribution in [3.63, 3.8) is 0 Å². The smallest absolute Gasteiger partial charge is 0.251 e. The molecule has 248 valence electrons. The summed E-state index contributed by atoms with van der Waals surface area (Å²) in [5, 5.41) is 20.4. The summed E-state index contributed by atoms with van der Waals surface area (Å²) in [7, 11) is -3.70. The molecule has 4 aromatic rings. The number of hydrogen-bond donors (Lipinski definition) is 5. The number of aromatic nitrogens is 1. The second-order valence-electron chi connectivity index (χ2n) is 11.4. The number of amides is 2. The summed E-state index contributed by atoms with van der Waals surface area (Å²) < 4.78 is 27.4. The van der Waals surface area contributed by atoms with Crippen LogP contribution in [0.1, 0.15) is 69.8 Å². The molecule has 3 atom stereocenters. The van der Waals surface area contributed by atoms with Crippen molar-refractivity contribution in [2.24, 2.45) is 0 Å². The van der Waals surface area contributed by atoms with Crippen LogP contribution in [0.2, 0.25) is 0 Å². The van der Waals surface area contributed by atoms with Gasteiger partial charge in [0.1, 0.15) is 0 Å². The van der Waals surface area contributed by atoms with Crippen LogP contribution >= 0.6 is 0 Å². The normalized spacial score (nSPS) is 13.3. The molecule has 1 aromatic heterocycles. The van der Waals surface area contributed by atoms with Gasteiger partial charge in [-0.15, -0.1) is 0 Å². The maximum absolute atomic E-state index is 13.8. The van der Waals surface area contributed by atoms with Crippen LogP contribution in [0.15, 0.2) is 97.3 Å². The van der Waals surface area contributed by atoms with E-state index in [9.17, 15) is 23.1 Å². The quantitative estimate of drug-likeness (QED) is 0.120. The fraction of sp³-hybridized carbons (Fsp3) is 0.306. The fourth-order valence-electron chi connectivity index (χ4n) is 5.05. The van der Waals surface area contributed by atoms with Gasteiger partial charge in [0.05, 0.1) is 29.6 Å². The molecular formula is C36H43N5O5S. The van der Waals surface area contributed by atoms with E-state index in [1.54, 1.807) is 6.20 Å². The standard InChI is InChI=1S/C36H43N5O5S/c1-4-26-16-28(22-37-21-26)23-38-24-34(42)33(17-27-12-8-6-9-13-27)40-36(44)31-18-30(19-32(20-31)41-47(45,46)5-2)35(43)39-25(3)29-14-10-7-11-15-29/h6-16,18-22,25,33-34,38,41-42H,4-5,17,23-24H2,1-3H3,(H,39,43)(H,40,44)/t25-,33+,34-/m1/s1. The lowest BCUT2D eigenvalue weighted by molar-refractivity contribution is 0.0830. The van der Waals surface area contributed by atoms with Gasteiger partial charge in [0.2, 0.25) is 10.0 Å². The number of aliphatic hydroxyl groups is 1. The molecular weight excluding hydrogens is 614 g/mol. The predicted molar refractivity (Wildman–Crippen MR) is 185 cm³/mol. The number of sulfonamides is 1. The molecule has 10 nitrogen and oxygen atoms in total. The first-order valence-electron chi connectivity index (χ1n) is 15.7. The van der Waals surface area contributed by atoms with Gasteiger partial charge in [0, 0.05) is 36.6 Å². The summed E-state index contributed by atoms with van der Waals surface area (Å²) in [5.41, 5.74) is 4.17. The minimum Gasteiger partial charge on any atom is -0.390 e. The van der Waals surface area contributed by atoms with Crippen molar-refractivity contribution in [1.29, 1.82) is 0 Å². The Morgan fingerprint density at radius 3 is 2.06 bits per heavy atom. The Balaban J connectivity index is 1.56. The van der Waals surface area contributed by atoms with E-state index in [4.69, 9.17) is 0 Å². The Morgan fingerprint density at radius 2 is 1.43 bits per heavy atom. The number of pyridine rings is 1. The summed E-state index contributed by atoms with van der Waals surface area (Å²) >= 11 is 0. The largest absolute Gasteiger partial charge is 0.390 e. The first kappa shape index (κ1) is 35.3. The Hall–Kier alpha value is -4.58. The Bertz CT molecular complexity index is 1740. The zero-order valence-corrected chi connectivity index (χ0v) is 27.8. The highest BCUT2D eigenvalue weighted by Gasteiger charge is 2.24. The fourth-order valence-corrected chi connectivity index (χ4v) is 5.67. The summed E-state index contributed by atoms with van der Waals surface area (Å²) in [6.07, 6.45) is 3.83. The number of aliphatic hydroxyl groups excluding tert-OH is 1. The van der Waals surface area contributed by atoms with Gasteiger partial charge in [-0.1, -0.05) is 73.7 Å². The lowest BCUT2D eigenvalue weighted by Crippen LogP contribution is -2.48. The number of benzene rings is 3. The zero-order chi connectivity index (χ0) is 33.8. The van der Waals surface area contributed by atoms with E-state index in [2.05, 4.69) is 38.6 Å². The van der Waals surface area contributed by atoms with E-state index in [0.717, 1.165) is 28.7 Å². The lowest BCUT2D eigenvalue weighted by atomic mass is 10.00. The summed E-state index contributed by atoms with van der Waals surface area (Å²) in [6, 6.07) is 24.1. The van der Waals surface area contributed by atoms with Crippen molar-refractivity contribution >= 4 is 27.5 Å². The summed E-state index contributed by atoms with van der Waals surface area (Å²) in [4.78, 5) is 31.4. The second-order valence-corrected chi connectivity index (χ2v) is 13.4. The number of carbonyl (C=O) groups excluding carboxylic acids is 2. The van der Waals surface area contributed by atoms with Gasteiger partial charge in [0.15, 0.2) is 0 Å². The van der Waals surface area contributed by atoms with Gasteiger partial charge >= 0.3 is 0 Å². The highest BCUT2D eigenvalue weighted by molar-refractivity contribution is 7.92. The average Bonchev–Trinajstić information content (AvgIpc) is 3.08. The average molecular weight is 658 g/mol. The van der Waals surface area contributed by atoms with E-state index in [1.165, 1.54) is 25.1 Å². The first-order valence-corrected chi connectivity index (χ1v) is 17.4. The van der Waals surface area contributed by atoms with Crippen molar-refractivity contribution in [3.05, 3.63) is 131 Å². The molecule has 0 unspecified atom stereocenters. The van der Waals surface area contributed by atoms with E-state index >= 15 is 0 Å². The molecule has 0 aliphatic carbocycles.